The van der Waals surface area contributed by atoms with Gasteiger partial charge in [0.05, 0.1) is 18.1 Å². The van der Waals surface area contributed by atoms with Crippen LogP contribution < -0.4 is 5.32 Å². The molecule has 0 bridgehead atoms. The Labute approximate surface area is 184 Å². The highest BCUT2D eigenvalue weighted by molar-refractivity contribution is 7.21. The highest BCUT2D eigenvalue weighted by atomic mass is 35.5. The molecule has 1 aromatic heterocycles. The molecule has 2 aliphatic heterocycles. The molecule has 0 atom stereocenters. The van der Waals surface area contributed by atoms with Gasteiger partial charge in [-0.3, -0.25) is 19.3 Å². The molecule has 30 heavy (non-hydrogen) atoms. The van der Waals surface area contributed by atoms with E-state index in [1.807, 2.05) is 29.2 Å². The number of amides is 3. The Morgan fingerprint density at radius 1 is 0.933 bits per heavy atom. The molecule has 2 fully saturated rings. The summed E-state index contributed by atoms with van der Waals surface area (Å²) in [7, 11) is 0. The number of nitrogens with one attached hydrogen (secondary N) is 1. The fourth-order valence-electron chi connectivity index (χ4n) is 3.92. The van der Waals surface area contributed by atoms with Gasteiger partial charge in [0.25, 0.3) is 5.91 Å². The Hall–Kier alpha value is -2.16. The van der Waals surface area contributed by atoms with Crippen LogP contribution in [0.4, 0.5) is 0 Å². The van der Waals surface area contributed by atoms with Crippen LogP contribution in [0.2, 0.25) is 5.02 Å². The van der Waals surface area contributed by atoms with Gasteiger partial charge in [-0.15, -0.1) is 11.3 Å². The summed E-state index contributed by atoms with van der Waals surface area (Å²) < 4.78 is 0.943. The Kier molecular flexibility index (Phi) is 6.55. The maximum atomic E-state index is 12.5. The molecule has 4 rings (SSSR count). The Bertz CT molecular complexity index is 949. The van der Waals surface area contributed by atoms with E-state index in [1.165, 1.54) is 11.3 Å². The molecule has 1 aromatic carbocycles. The van der Waals surface area contributed by atoms with Crippen molar-refractivity contribution in [3.8, 4) is 0 Å². The van der Waals surface area contributed by atoms with Crippen molar-refractivity contribution in [1.29, 1.82) is 0 Å². The highest BCUT2D eigenvalue weighted by Gasteiger charge is 2.26. The third kappa shape index (κ3) is 4.61. The van der Waals surface area contributed by atoms with E-state index in [9.17, 15) is 14.4 Å². The number of hydrogen-bond donors (Lipinski definition) is 1. The molecular formula is C21H25ClN4O3S. The summed E-state index contributed by atoms with van der Waals surface area (Å²) in [6, 6.07) is 7.58. The van der Waals surface area contributed by atoms with Crippen LogP contribution in [0.3, 0.4) is 0 Å². The molecule has 0 spiro atoms. The van der Waals surface area contributed by atoms with Gasteiger partial charge in [-0.05, 0) is 18.9 Å². The second kappa shape index (κ2) is 9.32. The second-order valence-electron chi connectivity index (χ2n) is 7.67. The minimum atomic E-state index is -0.329. The summed E-state index contributed by atoms with van der Waals surface area (Å²) in [5.74, 6) is -0.268. The molecule has 2 aliphatic rings. The van der Waals surface area contributed by atoms with Crippen LogP contribution in [0, 0.1) is 0 Å². The van der Waals surface area contributed by atoms with Crippen LogP contribution in [0.25, 0.3) is 10.1 Å². The fourth-order valence-corrected chi connectivity index (χ4v) is 5.35. The number of benzene rings is 1. The average Bonchev–Trinajstić information content (AvgIpc) is 3.41. The predicted molar refractivity (Wildman–Crippen MR) is 118 cm³/mol. The minimum absolute atomic E-state index is 0.0594. The third-order valence-electron chi connectivity index (χ3n) is 5.68. The van der Waals surface area contributed by atoms with E-state index in [-0.39, 0.29) is 24.3 Å². The lowest BCUT2D eigenvalue weighted by Crippen LogP contribution is -2.53. The number of thiophene rings is 1. The molecule has 3 heterocycles. The summed E-state index contributed by atoms with van der Waals surface area (Å²) >= 11 is 7.66. The van der Waals surface area contributed by atoms with Crippen LogP contribution >= 0.6 is 22.9 Å². The summed E-state index contributed by atoms with van der Waals surface area (Å²) in [5.41, 5.74) is 0. The van der Waals surface area contributed by atoms with Gasteiger partial charge in [-0.2, -0.15) is 0 Å². The van der Waals surface area contributed by atoms with E-state index in [2.05, 4.69) is 10.2 Å². The fraction of sp³-hybridized carbons (Fsp3) is 0.476. The Balaban J connectivity index is 1.24. The number of hydrogen-bond acceptors (Lipinski definition) is 5. The lowest BCUT2D eigenvalue weighted by Gasteiger charge is -2.35. The second-order valence-corrected chi connectivity index (χ2v) is 9.10. The lowest BCUT2D eigenvalue weighted by atomic mass is 10.2. The van der Waals surface area contributed by atoms with Gasteiger partial charge in [0.2, 0.25) is 11.8 Å². The summed E-state index contributed by atoms with van der Waals surface area (Å²) in [5, 5.41) is 3.97. The van der Waals surface area contributed by atoms with Crippen molar-refractivity contribution < 1.29 is 14.4 Å². The van der Waals surface area contributed by atoms with Gasteiger partial charge in [-0.25, -0.2) is 0 Å². The first-order valence-electron chi connectivity index (χ1n) is 10.3. The van der Waals surface area contributed by atoms with Gasteiger partial charge in [0.15, 0.2) is 0 Å². The molecule has 0 saturated carbocycles. The van der Waals surface area contributed by atoms with Crippen molar-refractivity contribution in [3.63, 3.8) is 0 Å². The predicted octanol–water partition coefficient (Wildman–Crippen LogP) is 2.05. The van der Waals surface area contributed by atoms with Crippen molar-refractivity contribution in [3.05, 3.63) is 34.2 Å². The molecule has 3 amide bonds. The van der Waals surface area contributed by atoms with Crippen molar-refractivity contribution in [2.75, 3.05) is 52.4 Å². The number of rotatable bonds is 5. The summed E-state index contributed by atoms with van der Waals surface area (Å²) in [4.78, 5) is 43.5. The first kappa shape index (κ1) is 21.1. The lowest BCUT2D eigenvalue weighted by molar-refractivity contribution is -0.134. The van der Waals surface area contributed by atoms with Crippen LogP contribution in [-0.2, 0) is 9.59 Å². The molecule has 2 saturated heterocycles. The smallest absolute Gasteiger partial charge is 0.263 e. The zero-order chi connectivity index (χ0) is 21.1. The van der Waals surface area contributed by atoms with Crippen molar-refractivity contribution in [2.45, 2.75) is 12.8 Å². The first-order valence-corrected chi connectivity index (χ1v) is 11.5. The van der Waals surface area contributed by atoms with Crippen LogP contribution in [0.1, 0.15) is 22.5 Å². The topological polar surface area (TPSA) is 73.0 Å². The van der Waals surface area contributed by atoms with Gasteiger partial charge < -0.3 is 15.1 Å². The zero-order valence-corrected chi connectivity index (χ0v) is 18.3. The number of halogens is 1. The number of likely N-dealkylation sites (tertiary alicyclic amines) is 1. The largest absolute Gasteiger partial charge is 0.342 e. The van der Waals surface area contributed by atoms with Crippen LogP contribution in [-0.4, -0.2) is 84.8 Å². The molecule has 0 radical (unpaired) electrons. The minimum Gasteiger partial charge on any atom is -0.342 e. The Morgan fingerprint density at radius 3 is 2.30 bits per heavy atom. The number of nitrogens with zero attached hydrogens (tertiary/aromatic N) is 3. The molecule has 0 aliphatic carbocycles. The highest BCUT2D eigenvalue weighted by Crippen LogP contribution is 2.34. The molecule has 2 aromatic rings. The van der Waals surface area contributed by atoms with E-state index in [0.29, 0.717) is 42.6 Å². The maximum absolute atomic E-state index is 12.5. The quantitative estimate of drug-likeness (QED) is 0.759. The molecule has 160 valence electrons. The number of fused-ring (bicyclic) bond motifs is 1. The van der Waals surface area contributed by atoms with E-state index in [1.54, 1.807) is 4.90 Å². The van der Waals surface area contributed by atoms with Crippen molar-refractivity contribution in [2.24, 2.45) is 0 Å². The number of piperazine rings is 1. The molecule has 1 N–H and O–H groups in total. The van der Waals surface area contributed by atoms with E-state index in [0.717, 1.165) is 36.0 Å². The van der Waals surface area contributed by atoms with Gasteiger partial charge in [-0.1, -0.05) is 29.8 Å². The first-order chi connectivity index (χ1) is 14.5. The van der Waals surface area contributed by atoms with Gasteiger partial charge in [0, 0.05) is 49.4 Å². The van der Waals surface area contributed by atoms with Crippen molar-refractivity contribution >= 4 is 50.7 Å². The Morgan fingerprint density at radius 2 is 1.60 bits per heavy atom. The maximum Gasteiger partial charge on any atom is 0.263 e. The number of carbonyl (C=O) groups is 3. The zero-order valence-electron chi connectivity index (χ0n) is 16.7. The monoisotopic (exact) mass is 448 g/mol. The summed E-state index contributed by atoms with van der Waals surface area (Å²) in [6.07, 6.45) is 2.18. The number of carbonyl (C=O) groups excluding carboxylic acids is 3. The van der Waals surface area contributed by atoms with E-state index >= 15 is 0 Å². The molecular weight excluding hydrogens is 424 g/mol. The van der Waals surface area contributed by atoms with E-state index in [4.69, 9.17) is 11.6 Å². The molecule has 7 nitrogen and oxygen atoms in total. The normalized spacial score (nSPS) is 17.5. The van der Waals surface area contributed by atoms with E-state index < -0.39 is 0 Å². The SMILES string of the molecule is O=C(NCC(=O)N1CCN(CC(=O)N2CCCC2)CC1)c1sc2ccccc2c1Cl. The summed E-state index contributed by atoms with van der Waals surface area (Å²) in [6.45, 7) is 4.54. The van der Waals surface area contributed by atoms with Gasteiger partial charge in [0.1, 0.15) is 4.88 Å². The van der Waals surface area contributed by atoms with Crippen LogP contribution in [0.15, 0.2) is 24.3 Å². The average molecular weight is 449 g/mol. The third-order valence-corrected chi connectivity index (χ3v) is 7.36. The molecule has 0 unspecified atom stereocenters. The van der Waals surface area contributed by atoms with Crippen LogP contribution in [0.5, 0.6) is 0 Å². The molecule has 9 heteroatoms. The van der Waals surface area contributed by atoms with Gasteiger partial charge >= 0.3 is 0 Å². The standard InChI is InChI=1S/C21H25ClN4O3S/c22-19-15-5-1-2-6-16(15)30-20(19)21(29)23-13-17(27)26-11-9-24(10-12-26)14-18(28)25-7-3-4-8-25/h1-2,5-6H,3-4,7-14H2,(H,23,29). The van der Waals surface area contributed by atoms with Crippen molar-refractivity contribution in [1.82, 2.24) is 20.0 Å².